The van der Waals surface area contributed by atoms with Crippen molar-refractivity contribution >= 4 is 17.3 Å². The highest BCUT2D eigenvalue weighted by Crippen LogP contribution is 2.19. The highest BCUT2D eigenvalue weighted by Gasteiger charge is 2.11. The number of rotatable bonds is 7. The molecule has 0 radical (unpaired) electrons. The molecule has 0 unspecified atom stereocenters. The molecule has 3 rings (SSSR count). The molecule has 0 saturated carbocycles. The Labute approximate surface area is 159 Å². The van der Waals surface area contributed by atoms with Crippen molar-refractivity contribution in [3.8, 4) is 0 Å². The van der Waals surface area contributed by atoms with Crippen molar-refractivity contribution < 1.29 is 9.32 Å². The van der Waals surface area contributed by atoms with E-state index < -0.39 is 0 Å². The molecular formula is C21H24N4O2. The normalized spacial score (nSPS) is 10.8. The van der Waals surface area contributed by atoms with Gasteiger partial charge in [-0.15, -0.1) is 0 Å². The third kappa shape index (κ3) is 5.17. The molecule has 1 amide bonds. The SMILES string of the molecule is Cc1ccc(C(=O)Nc2ccccc2)cc1NCc1nc(CC(C)C)no1. The van der Waals surface area contributed by atoms with Gasteiger partial charge >= 0.3 is 0 Å². The minimum Gasteiger partial charge on any atom is -0.376 e. The maximum absolute atomic E-state index is 12.5. The predicted molar refractivity (Wildman–Crippen MR) is 106 cm³/mol. The smallest absolute Gasteiger partial charge is 0.255 e. The van der Waals surface area contributed by atoms with Gasteiger partial charge in [0.15, 0.2) is 5.82 Å². The summed E-state index contributed by atoms with van der Waals surface area (Å²) < 4.78 is 5.28. The first kappa shape index (κ1) is 18.6. The summed E-state index contributed by atoms with van der Waals surface area (Å²) >= 11 is 0. The number of hydrogen-bond donors (Lipinski definition) is 2. The summed E-state index contributed by atoms with van der Waals surface area (Å²) in [4.78, 5) is 16.9. The van der Waals surface area contributed by atoms with Crippen molar-refractivity contribution in [2.24, 2.45) is 5.92 Å². The number of aryl methyl sites for hydroxylation is 1. The zero-order valence-electron chi connectivity index (χ0n) is 15.8. The highest BCUT2D eigenvalue weighted by molar-refractivity contribution is 6.04. The van der Waals surface area contributed by atoms with Crippen molar-refractivity contribution in [2.75, 3.05) is 10.6 Å². The summed E-state index contributed by atoms with van der Waals surface area (Å²) in [7, 11) is 0. The van der Waals surface area contributed by atoms with E-state index in [1.165, 1.54) is 0 Å². The Kier molecular flexibility index (Phi) is 5.86. The molecule has 0 bridgehead atoms. The van der Waals surface area contributed by atoms with E-state index in [1.807, 2.05) is 55.5 Å². The predicted octanol–water partition coefficient (Wildman–Crippen LogP) is 4.44. The molecular weight excluding hydrogens is 340 g/mol. The minimum absolute atomic E-state index is 0.152. The molecule has 27 heavy (non-hydrogen) atoms. The molecule has 0 saturated heterocycles. The van der Waals surface area contributed by atoms with Gasteiger partial charge in [-0.2, -0.15) is 4.98 Å². The Morgan fingerprint density at radius 3 is 2.67 bits per heavy atom. The van der Waals surface area contributed by atoms with Crippen LogP contribution in [0.1, 0.15) is 41.5 Å². The maximum atomic E-state index is 12.5. The number of aromatic nitrogens is 2. The molecule has 6 nitrogen and oxygen atoms in total. The molecule has 0 aliphatic heterocycles. The van der Waals surface area contributed by atoms with Gasteiger partial charge in [0.2, 0.25) is 5.89 Å². The van der Waals surface area contributed by atoms with Crippen LogP contribution >= 0.6 is 0 Å². The standard InChI is InChI=1S/C21H24N4O2/c1-14(2)11-19-24-20(27-25-19)13-22-18-12-16(10-9-15(18)3)21(26)23-17-7-5-4-6-8-17/h4-10,12,14,22H,11,13H2,1-3H3,(H,23,26). The number of nitrogens with zero attached hydrogens (tertiary/aromatic N) is 2. The number of amides is 1. The van der Waals surface area contributed by atoms with Crippen molar-refractivity contribution in [3.05, 3.63) is 71.4 Å². The minimum atomic E-state index is -0.152. The number of anilines is 2. The lowest BCUT2D eigenvalue weighted by Gasteiger charge is -2.10. The number of carbonyl (C=O) groups excluding carboxylic acids is 1. The first-order chi connectivity index (χ1) is 13.0. The Hall–Kier alpha value is -3.15. The fourth-order valence-corrected chi connectivity index (χ4v) is 2.66. The van der Waals surface area contributed by atoms with Crippen molar-refractivity contribution in [2.45, 2.75) is 33.7 Å². The fourth-order valence-electron chi connectivity index (χ4n) is 2.66. The molecule has 3 aromatic rings. The van der Waals surface area contributed by atoms with Crippen LogP contribution in [0.4, 0.5) is 11.4 Å². The van der Waals surface area contributed by atoms with Gasteiger partial charge in [0.1, 0.15) is 0 Å². The van der Waals surface area contributed by atoms with E-state index in [-0.39, 0.29) is 5.91 Å². The van der Waals surface area contributed by atoms with E-state index in [1.54, 1.807) is 0 Å². The van der Waals surface area contributed by atoms with E-state index >= 15 is 0 Å². The van der Waals surface area contributed by atoms with Crippen molar-refractivity contribution in [3.63, 3.8) is 0 Å². The average molecular weight is 364 g/mol. The Bertz CT molecular complexity index is 904. The average Bonchev–Trinajstić information content (AvgIpc) is 3.08. The molecule has 1 aromatic heterocycles. The highest BCUT2D eigenvalue weighted by atomic mass is 16.5. The number of carbonyl (C=O) groups is 1. The van der Waals surface area contributed by atoms with Gasteiger partial charge in [0.05, 0.1) is 6.54 Å². The van der Waals surface area contributed by atoms with Gasteiger partial charge in [-0.25, -0.2) is 0 Å². The second kappa shape index (κ2) is 8.49. The molecule has 0 fully saturated rings. The van der Waals surface area contributed by atoms with Crippen LogP contribution in [0.5, 0.6) is 0 Å². The van der Waals surface area contributed by atoms with Crippen LogP contribution in [-0.4, -0.2) is 16.0 Å². The summed E-state index contributed by atoms with van der Waals surface area (Å²) in [6, 6.07) is 15.0. The second-order valence-electron chi connectivity index (χ2n) is 6.91. The fraction of sp³-hybridized carbons (Fsp3) is 0.286. The van der Waals surface area contributed by atoms with Crippen LogP contribution in [0.25, 0.3) is 0 Å². The Balaban J connectivity index is 1.66. The molecule has 0 spiro atoms. The third-order valence-corrected chi connectivity index (χ3v) is 4.06. The molecule has 1 heterocycles. The van der Waals surface area contributed by atoms with E-state index in [0.717, 1.165) is 29.2 Å². The zero-order chi connectivity index (χ0) is 19.2. The van der Waals surface area contributed by atoms with E-state index in [2.05, 4.69) is 34.6 Å². The van der Waals surface area contributed by atoms with Crippen LogP contribution in [0, 0.1) is 12.8 Å². The number of benzene rings is 2. The molecule has 0 aliphatic rings. The zero-order valence-corrected chi connectivity index (χ0v) is 15.8. The van der Waals surface area contributed by atoms with Gasteiger partial charge in [-0.05, 0) is 42.7 Å². The van der Waals surface area contributed by atoms with Crippen molar-refractivity contribution in [1.29, 1.82) is 0 Å². The maximum Gasteiger partial charge on any atom is 0.255 e. The Morgan fingerprint density at radius 2 is 1.93 bits per heavy atom. The van der Waals surface area contributed by atoms with Crippen LogP contribution in [0.3, 0.4) is 0 Å². The van der Waals surface area contributed by atoms with Gasteiger partial charge in [-0.1, -0.05) is 43.3 Å². The quantitative estimate of drug-likeness (QED) is 0.648. The first-order valence-corrected chi connectivity index (χ1v) is 9.03. The van der Waals surface area contributed by atoms with Gasteiger partial charge in [-0.3, -0.25) is 4.79 Å². The van der Waals surface area contributed by atoms with Crippen LogP contribution in [0.15, 0.2) is 53.1 Å². The second-order valence-corrected chi connectivity index (χ2v) is 6.91. The van der Waals surface area contributed by atoms with E-state index in [0.29, 0.717) is 23.9 Å². The molecule has 0 atom stereocenters. The van der Waals surface area contributed by atoms with Crippen molar-refractivity contribution in [1.82, 2.24) is 10.1 Å². The summed E-state index contributed by atoms with van der Waals surface area (Å²) in [6.45, 7) is 6.63. The topological polar surface area (TPSA) is 80.0 Å². The van der Waals surface area contributed by atoms with Gasteiger partial charge < -0.3 is 15.2 Å². The summed E-state index contributed by atoms with van der Waals surface area (Å²) in [5, 5.41) is 10.2. The van der Waals surface area contributed by atoms with E-state index in [9.17, 15) is 4.79 Å². The molecule has 0 aliphatic carbocycles. The van der Waals surface area contributed by atoms with Crippen LogP contribution < -0.4 is 10.6 Å². The number of nitrogens with one attached hydrogen (secondary N) is 2. The molecule has 140 valence electrons. The third-order valence-electron chi connectivity index (χ3n) is 4.06. The summed E-state index contributed by atoms with van der Waals surface area (Å²) in [6.07, 6.45) is 0.789. The van der Waals surface area contributed by atoms with Gasteiger partial charge in [0.25, 0.3) is 5.91 Å². The lowest BCUT2D eigenvalue weighted by molar-refractivity contribution is 0.102. The largest absolute Gasteiger partial charge is 0.376 e. The number of para-hydroxylation sites is 1. The first-order valence-electron chi connectivity index (χ1n) is 9.03. The van der Waals surface area contributed by atoms with Gasteiger partial charge in [0, 0.05) is 23.4 Å². The summed E-state index contributed by atoms with van der Waals surface area (Å²) in [5.74, 6) is 1.57. The Morgan fingerprint density at radius 1 is 1.15 bits per heavy atom. The monoisotopic (exact) mass is 364 g/mol. The lowest BCUT2D eigenvalue weighted by atomic mass is 10.1. The molecule has 6 heteroatoms. The summed E-state index contributed by atoms with van der Waals surface area (Å²) in [5.41, 5.74) is 3.24. The molecule has 2 N–H and O–H groups in total. The molecule has 2 aromatic carbocycles. The van der Waals surface area contributed by atoms with E-state index in [4.69, 9.17) is 4.52 Å². The number of hydrogen-bond acceptors (Lipinski definition) is 5. The lowest BCUT2D eigenvalue weighted by Crippen LogP contribution is -2.12. The van der Waals surface area contributed by atoms with Crippen LogP contribution in [-0.2, 0) is 13.0 Å². The van der Waals surface area contributed by atoms with Crippen LogP contribution in [0.2, 0.25) is 0 Å².